The molecule has 0 saturated heterocycles. The lowest BCUT2D eigenvalue weighted by Gasteiger charge is -2.22. The summed E-state index contributed by atoms with van der Waals surface area (Å²) in [4.78, 5) is 11.1. The molecule has 1 saturated carbocycles. The summed E-state index contributed by atoms with van der Waals surface area (Å²) < 4.78 is 0. The Bertz CT molecular complexity index is 436. The highest BCUT2D eigenvalue weighted by Crippen LogP contribution is 2.22. The Morgan fingerprint density at radius 1 is 1.20 bits per heavy atom. The molecule has 1 aromatic rings. The van der Waals surface area contributed by atoms with Crippen LogP contribution in [0.4, 0.5) is 5.69 Å². The van der Waals surface area contributed by atoms with Crippen LogP contribution in [0.15, 0.2) is 24.3 Å². The molecule has 0 heterocycles. The maximum Gasteiger partial charge on any atom is 0.221 e. The third kappa shape index (κ3) is 4.64. The standard InChI is InChI=1S/C17H26N2O/c1-13(18-16-9-5-3-4-6-10-16)15-8-7-11-17(12-15)19-14(2)20/h7-8,11-13,16,18H,3-6,9-10H2,1-2H3,(H,19,20). The van der Waals surface area contributed by atoms with Gasteiger partial charge in [-0.25, -0.2) is 0 Å². The molecule has 1 atom stereocenters. The van der Waals surface area contributed by atoms with Gasteiger partial charge >= 0.3 is 0 Å². The lowest BCUT2D eigenvalue weighted by atomic mass is 10.0. The SMILES string of the molecule is CC(=O)Nc1cccc(C(C)NC2CCCCCC2)c1. The second-order valence-corrected chi connectivity index (χ2v) is 5.88. The number of hydrogen-bond acceptors (Lipinski definition) is 2. The van der Waals surface area contributed by atoms with Crippen molar-refractivity contribution in [2.75, 3.05) is 5.32 Å². The van der Waals surface area contributed by atoms with Crippen molar-refractivity contribution in [2.45, 2.75) is 64.5 Å². The molecule has 0 aromatic heterocycles. The molecule has 3 nitrogen and oxygen atoms in total. The lowest BCUT2D eigenvalue weighted by molar-refractivity contribution is -0.114. The molecule has 2 N–H and O–H groups in total. The molecule has 3 heteroatoms. The van der Waals surface area contributed by atoms with Gasteiger partial charge in [0.25, 0.3) is 0 Å². The Balaban J connectivity index is 1.97. The van der Waals surface area contributed by atoms with E-state index in [-0.39, 0.29) is 5.91 Å². The molecule has 0 spiro atoms. The van der Waals surface area contributed by atoms with E-state index in [0.29, 0.717) is 12.1 Å². The van der Waals surface area contributed by atoms with E-state index < -0.39 is 0 Å². The van der Waals surface area contributed by atoms with Crippen LogP contribution in [0.1, 0.15) is 64.0 Å². The molecule has 1 aliphatic carbocycles. The van der Waals surface area contributed by atoms with E-state index in [0.717, 1.165) is 5.69 Å². The highest BCUT2D eigenvalue weighted by molar-refractivity contribution is 5.88. The molecular formula is C17H26N2O. The highest BCUT2D eigenvalue weighted by atomic mass is 16.1. The quantitative estimate of drug-likeness (QED) is 0.814. The van der Waals surface area contributed by atoms with E-state index in [1.165, 1.54) is 44.1 Å². The van der Waals surface area contributed by atoms with Crippen LogP contribution < -0.4 is 10.6 Å². The zero-order valence-electron chi connectivity index (χ0n) is 12.6. The van der Waals surface area contributed by atoms with Crippen molar-refractivity contribution in [3.63, 3.8) is 0 Å². The molecule has 1 unspecified atom stereocenters. The zero-order chi connectivity index (χ0) is 14.4. The molecule has 1 aromatic carbocycles. The Hall–Kier alpha value is -1.35. The minimum Gasteiger partial charge on any atom is -0.326 e. The van der Waals surface area contributed by atoms with Crippen LogP contribution in [0.5, 0.6) is 0 Å². The average molecular weight is 274 g/mol. The molecule has 1 fully saturated rings. The van der Waals surface area contributed by atoms with Gasteiger partial charge in [0.1, 0.15) is 0 Å². The van der Waals surface area contributed by atoms with Crippen molar-refractivity contribution in [3.8, 4) is 0 Å². The third-order valence-electron chi connectivity index (χ3n) is 4.05. The topological polar surface area (TPSA) is 41.1 Å². The van der Waals surface area contributed by atoms with Gasteiger partial charge in [-0.05, 0) is 37.5 Å². The average Bonchev–Trinajstić information content (AvgIpc) is 2.67. The van der Waals surface area contributed by atoms with Crippen LogP contribution in [-0.4, -0.2) is 11.9 Å². The molecule has 1 amide bonds. The summed E-state index contributed by atoms with van der Waals surface area (Å²) >= 11 is 0. The van der Waals surface area contributed by atoms with Gasteiger partial charge in [0.05, 0.1) is 0 Å². The van der Waals surface area contributed by atoms with Gasteiger partial charge in [-0.1, -0.05) is 37.8 Å². The number of nitrogens with one attached hydrogen (secondary N) is 2. The van der Waals surface area contributed by atoms with Gasteiger partial charge in [0.2, 0.25) is 5.91 Å². The molecule has 2 rings (SSSR count). The Morgan fingerprint density at radius 3 is 2.55 bits per heavy atom. The summed E-state index contributed by atoms with van der Waals surface area (Å²) in [5.74, 6) is -0.0217. The first-order chi connectivity index (χ1) is 9.65. The molecule has 1 aliphatic rings. The van der Waals surface area contributed by atoms with Crippen molar-refractivity contribution >= 4 is 11.6 Å². The van der Waals surface area contributed by atoms with Crippen LogP contribution in [0, 0.1) is 0 Å². The Labute approximate surface area is 122 Å². The smallest absolute Gasteiger partial charge is 0.221 e. The number of anilines is 1. The minimum atomic E-state index is -0.0217. The molecule has 110 valence electrons. The lowest BCUT2D eigenvalue weighted by Crippen LogP contribution is -2.31. The fourth-order valence-corrected chi connectivity index (χ4v) is 2.98. The summed E-state index contributed by atoms with van der Waals surface area (Å²) in [6, 6.07) is 9.09. The molecule has 0 bridgehead atoms. The van der Waals surface area contributed by atoms with E-state index >= 15 is 0 Å². The first kappa shape index (κ1) is 15.0. The van der Waals surface area contributed by atoms with Crippen LogP contribution in [0.25, 0.3) is 0 Å². The highest BCUT2D eigenvalue weighted by Gasteiger charge is 2.15. The second-order valence-electron chi connectivity index (χ2n) is 5.88. The number of rotatable bonds is 4. The summed E-state index contributed by atoms with van der Waals surface area (Å²) in [6.45, 7) is 3.75. The largest absolute Gasteiger partial charge is 0.326 e. The maximum absolute atomic E-state index is 11.1. The van der Waals surface area contributed by atoms with Crippen LogP contribution in [0.3, 0.4) is 0 Å². The van der Waals surface area contributed by atoms with Gasteiger partial charge in [0.15, 0.2) is 0 Å². The zero-order valence-corrected chi connectivity index (χ0v) is 12.6. The summed E-state index contributed by atoms with van der Waals surface area (Å²) in [5, 5.41) is 6.59. The van der Waals surface area contributed by atoms with Gasteiger partial charge in [-0.15, -0.1) is 0 Å². The molecule has 0 radical (unpaired) electrons. The van der Waals surface area contributed by atoms with Crippen molar-refractivity contribution in [2.24, 2.45) is 0 Å². The van der Waals surface area contributed by atoms with Crippen LogP contribution >= 0.6 is 0 Å². The molecule has 20 heavy (non-hydrogen) atoms. The number of carbonyl (C=O) groups excluding carboxylic acids is 1. The van der Waals surface area contributed by atoms with Crippen LogP contribution in [0.2, 0.25) is 0 Å². The van der Waals surface area contributed by atoms with Gasteiger partial charge in [-0.3, -0.25) is 4.79 Å². The van der Waals surface area contributed by atoms with Crippen molar-refractivity contribution in [1.29, 1.82) is 0 Å². The number of amides is 1. The number of benzene rings is 1. The predicted molar refractivity (Wildman–Crippen MR) is 83.8 cm³/mol. The van der Waals surface area contributed by atoms with E-state index in [1.54, 1.807) is 6.92 Å². The van der Waals surface area contributed by atoms with Gasteiger partial charge < -0.3 is 10.6 Å². The fraction of sp³-hybridized carbons (Fsp3) is 0.588. The van der Waals surface area contributed by atoms with E-state index in [9.17, 15) is 4.79 Å². The molecular weight excluding hydrogens is 248 g/mol. The Kier molecular flexibility index (Phi) is 5.60. The monoisotopic (exact) mass is 274 g/mol. The maximum atomic E-state index is 11.1. The van der Waals surface area contributed by atoms with Gasteiger partial charge in [0, 0.05) is 24.7 Å². The molecule has 0 aliphatic heterocycles. The summed E-state index contributed by atoms with van der Waals surface area (Å²) in [6.07, 6.45) is 8.02. The van der Waals surface area contributed by atoms with Crippen molar-refractivity contribution < 1.29 is 4.79 Å². The summed E-state index contributed by atoms with van der Waals surface area (Å²) in [5.41, 5.74) is 2.12. The predicted octanol–water partition coefficient (Wildman–Crippen LogP) is 4.02. The van der Waals surface area contributed by atoms with E-state index in [4.69, 9.17) is 0 Å². The Morgan fingerprint density at radius 2 is 1.90 bits per heavy atom. The second kappa shape index (κ2) is 7.44. The normalized spacial score (nSPS) is 18.3. The van der Waals surface area contributed by atoms with E-state index in [2.05, 4.69) is 29.7 Å². The first-order valence-corrected chi connectivity index (χ1v) is 7.79. The third-order valence-corrected chi connectivity index (χ3v) is 4.05. The van der Waals surface area contributed by atoms with Crippen molar-refractivity contribution in [1.82, 2.24) is 5.32 Å². The first-order valence-electron chi connectivity index (χ1n) is 7.79. The van der Waals surface area contributed by atoms with Crippen LogP contribution in [-0.2, 0) is 4.79 Å². The minimum absolute atomic E-state index is 0.0217. The van der Waals surface area contributed by atoms with E-state index in [1.807, 2.05) is 12.1 Å². The fourth-order valence-electron chi connectivity index (χ4n) is 2.98. The van der Waals surface area contributed by atoms with Crippen molar-refractivity contribution in [3.05, 3.63) is 29.8 Å². The van der Waals surface area contributed by atoms with Gasteiger partial charge in [-0.2, -0.15) is 0 Å². The summed E-state index contributed by atoms with van der Waals surface area (Å²) in [7, 11) is 0. The number of carbonyl (C=O) groups is 1. The number of hydrogen-bond donors (Lipinski definition) is 2.